The molecule has 2 unspecified atom stereocenters. The molecule has 2 atom stereocenters. The lowest BCUT2D eigenvalue weighted by Crippen LogP contribution is -2.36. The van der Waals surface area contributed by atoms with Crippen LogP contribution in [0.25, 0.3) is 16.5 Å². The minimum Gasteiger partial charge on any atom is -0.506 e. The van der Waals surface area contributed by atoms with Gasteiger partial charge in [0.15, 0.2) is 0 Å². The van der Waals surface area contributed by atoms with Crippen LogP contribution in [0.3, 0.4) is 0 Å². The quantitative estimate of drug-likeness (QED) is 0.135. The number of aromatic amines is 1. The second-order valence-corrected chi connectivity index (χ2v) is 11.5. The number of hydrogen-bond acceptors (Lipinski definition) is 7. The van der Waals surface area contributed by atoms with E-state index < -0.39 is 17.7 Å². The number of aliphatic carboxylic acids is 1. The number of carbonyl (C=O) groups is 2. The highest BCUT2D eigenvalue weighted by molar-refractivity contribution is 5.96. The molecule has 10 heteroatoms. The molecule has 0 radical (unpaired) electrons. The molecule has 10 nitrogen and oxygen atoms in total. The van der Waals surface area contributed by atoms with E-state index in [1.54, 1.807) is 77.7 Å². The molecule has 0 saturated heterocycles. The molecule has 1 aliphatic rings. The Morgan fingerprint density at radius 1 is 0.915 bits per heavy atom. The Morgan fingerprint density at radius 3 is 2.40 bits per heavy atom. The maximum atomic E-state index is 13.3. The molecule has 6 rings (SSSR count). The molecular formula is C37H33N3O7. The molecule has 0 saturated carbocycles. The van der Waals surface area contributed by atoms with E-state index in [1.807, 2.05) is 24.3 Å². The summed E-state index contributed by atoms with van der Waals surface area (Å²) in [5.74, 6) is -1.60. The molecule has 0 aliphatic carbocycles. The van der Waals surface area contributed by atoms with Gasteiger partial charge < -0.3 is 35.6 Å². The number of nitrogens with zero attached hydrogens (tertiary/aromatic N) is 1. The molecule has 5 aromatic rings. The van der Waals surface area contributed by atoms with Crippen LogP contribution in [0.15, 0.2) is 114 Å². The topological polar surface area (TPSA) is 163 Å². The first-order chi connectivity index (χ1) is 22.6. The van der Waals surface area contributed by atoms with E-state index in [2.05, 4.69) is 10.3 Å². The van der Waals surface area contributed by atoms with Gasteiger partial charge in [-0.2, -0.15) is 0 Å². The van der Waals surface area contributed by atoms with Crippen LogP contribution in [-0.4, -0.2) is 61.8 Å². The number of fused-ring (bicyclic) bond motifs is 1. The van der Waals surface area contributed by atoms with E-state index >= 15 is 0 Å². The number of phenols is 1. The van der Waals surface area contributed by atoms with Gasteiger partial charge in [0.1, 0.15) is 5.75 Å². The Hall–Kier alpha value is -5.55. The van der Waals surface area contributed by atoms with E-state index in [1.165, 1.54) is 12.1 Å². The van der Waals surface area contributed by atoms with Crippen LogP contribution in [0.5, 0.6) is 5.75 Å². The van der Waals surface area contributed by atoms with Crippen LogP contribution >= 0.6 is 0 Å². The zero-order chi connectivity index (χ0) is 33.1. The number of aliphatic hydroxyl groups excluding tert-OH is 1. The maximum absolute atomic E-state index is 13.3. The van der Waals surface area contributed by atoms with Gasteiger partial charge in [0, 0.05) is 48.8 Å². The van der Waals surface area contributed by atoms with Crippen LogP contribution in [0.1, 0.15) is 44.3 Å². The summed E-state index contributed by atoms with van der Waals surface area (Å²) in [7, 11) is 0. The molecule has 47 heavy (non-hydrogen) atoms. The van der Waals surface area contributed by atoms with Crippen molar-refractivity contribution in [2.24, 2.45) is 0 Å². The second kappa shape index (κ2) is 13.1. The number of carboxylic acid groups (broad SMARTS) is 1. The number of hydrogen-bond donors (Lipinski definition) is 6. The van der Waals surface area contributed by atoms with E-state index in [0.29, 0.717) is 36.1 Å². The van der Waals surface area contributed by atoms with Gasteiger partial charge >= 0.3 is 5.97 Å². The van der Waals surface area contributed by atoms with Gasteiger partial charge in [-0.3, -0.25) is 9.59 Å². The first-order valence-corrected chi connectivity index (χ1v) is 15.1. The number of H-pyrrole nitrogens is 1. The Morgan fingerprint density at radius 2 is 1.66 bits per heavy atom. The fourth-order valence-electron chi connectivity index (χ4n) is 5.92. The number of phenolic OH excluding ortho intramolecular Hbond substituents is 1. The zero-order valence-electron chi connectivity index (χ0n) is 25.3. The first-order valence-electron chi connectivity index (χ1n) is 15.1. The van der Waals surface area contributed by atoms with Crippen molar-refractivity contribution < 1.29 is 30.0 Å². The highest BCUT2D eigenvalue weighted by Crippen LogP contribution is 2.33. The number of carbonyl (C=O) groups excluding carboxylic acids is 1. The lowest BCUT2D eigenvalue weighted by molar-refractivity contribution is -0.155. The number of nitrogens with one attached hydrogen (secondary N) is 2. The Bertz CT molecular complexity index is 2040. The summed E-state index contributed by atoms with van der Waals surface area (Å²) < 4.78 is 0. The molecule has 6 N–H and O–H groups in total. The minimum absolute atomic E-state index is 0.0706. The van der Waals surface area contributed by atoms with Crippen molar-refractivity contribution in [3.63, 3.8) is 0 Å². The minimum atomic E-state index is -2.22. The van der Waals surface area contributed by atoms with Gasteiger partial charge in [-0.1, -0.05) is 72.8 Å². The molecule has 2 heterocycles. The van der Waals surface area contributed by atoms with Crippen molar-refractivity contribution in [1.29, 1.82) is 0 Å². The predicted octanol–water partition coefficient (Wildman–Crippen LogP) is 3.92. The summed E-state index contributed by atoms with van der Waals surface area (Å²) in [6.45, 7) is 1.38. The number of benzene rings is 4. The van der Waals surface area contributed by atoms with Crippen molar-refractivity contribution in [3.05, 3.63) is 153 Å². The third-order valence-electron chi connectivity index (χ3n) is 8.49. The van der Waals surface area contributed by atoms with Gasteiger partial charge in [-0.15, -0.1) is 0 Å². The summed E-state index contributed by atoms with van der Waals surface area (Å²) in [5.41, 5.74) is 1.77. The van der Waals surface area contributed by atoms with Crippen molar-refractivity contribution in [3.8, 4) is 5.75 Å². The Labute approximate surface area is 269 Å². The maximum Gasteiger partial charge on any atom is 0.345 e. The number of amides is 1. The molecular weight excluding hydrogens is 598 g/mol. The largest absolute Gasteiger partial charge is 0.506 e. The molecule has 1 aromatic heterocycles. The monoisotopic (exact) mass is 631 g/mol. The van der Waals surface area contributed by atoms with E-state index in [9.17, 15) is 34.8 Å². The van der Waals surface area contributed by atoms with Gasteiger partial charge in [0.2, 0.25) is 11.2 Å². The standard InChI is InChI=1S/C37H33N3O7/c41-31-15-13-29(30-14-16-33(43)39-34(30)31)32(42)21-38-20-23-9-11-24(12-10-23)35(44)40-18-17-26(22-40)25-5-4-8-28(19-25)37(47,36(45)46)27-6-2-1-3-7-27/h1-17,19,32,38,41-42,47H,18,20-22H2,(H,39,43)(H,45,46). The third kappa shape index (κ3) is 6.30. The third-order valence-corrected chi connectivity index (χ3v) is 8.49. The number of rotatable bonds is 10. The summed E-state index contributed by atoms with van der Waals surface area (Å²) in [6, 6.07) is 28.2. The molecule has 238 valence electrons. The molecule has 1 aliphatic heterocycles. The van der Waals surface area contributed by atoms with E-state index in [-0.39, 0.29) is 40.4 Å². The molecule has 0 fully saturated rings. The van der Waals surface area contributed by atoms with Crippen LogP contribution in [-0.2, 0) is 16.9 Å². The number of pyridine rings is 1. The number of aliphatic hydroxyl groups is 2. The van der Waals surface area contributed by atoms with Crippen LogP contribution < -0.4 is 10.9 Å². The normalized spacial score (nSPS) is 14.9. The van der Waals surface area contributed by atoms with Gasteiger partial charge in [-0.25, -0.2) is 4.79 Å². The molecule has 1 amide bonds. The fraction of sp³-hybridized carbons (Fsp3) is 0.162. The lowest BCUT2D eigenvalue weighted by atomic mass is 9.85. The van der Waals surface area contributed by atoms with Crippen molar-refractivity contribution in [2.75, 3.05) is 19.6 Å². The number of carboxylic acids is 1. The summed E-state index contributed by atoms with van der Waals surface area (Å²) in [6.07, 6.45) is 1.04. The number of aromatic nitrogens is 1. The van der Waals surface area contributed by atoms with Gasteiger partial charge in [0.05, 0.1) is 11.6 Å². The lowest BCUT2D eigenvalue weighted by Gasteiger charge is -2.25. The highest BCUT2D eigenvalue weighted by Gasteiger charge is 2.40. The SMILES string of the molecule is O=C(c1ccc(CNCC(O)c2ccc(O)c3[nH]c(=O)ccc23)cc1)N1CC=C(c2cccc(C(O)(C(=O)O)c3ccccc3)c2)C1. The fourth-order valence-corrected chi connectivity index (χ4v) is 5.92. The zero-order valence-corrected chi connectivity index (χ0v) is 25.3. The van der Waals surface area contributed by atoms with Crippen LogP contribution in [0.4, 0.5) is 0 Å². The first kappa shape index (κ1) is 31.4. The van der Waals surface area contributed by atoms with Crippen LogP contribution in [0, 0.1) is 0 Å². The van der Waals surface area contributed by atoms with Crippen molar-refractivity contribution >= 4 is 28.4 Å². The molecule has 0 bridgehead atoms. The van der Waals surface area contributed by atoms with Crippen LogP contribution in [0.2, 0.25) is 0 Å². The average molecular weight is 632 g/mol. The molecule has 4 aromatic carbocycles. The highest BCUT2D eigenvalue weighted by atomic mass is 16.4. The Kier molecular flexibility index (Phi) is 8.73. The molecule has 0 spiro atoms. The Balaban J connectivity index is 1.07. The average Bonchev–Trinajstić information content (AvgIpc) is 3.59. The number of aromatic hydroxyl groups is 1. The smallest absolute Gasteiger partial charge is 0.345 e. The van der Waals surface area contributed by atoms with E-state index in [0.717, 1.165) is 16.7 Å². The van der Waals surface area contributed by atoms with Crippen molar-refractivity contribution in [2.45, 2.75) is 18.2 Å². The predicted molar refractivity (Wildman–Crippen MR) is 177 cm³/mol. The summed E-state index contributed by atoms with van der Waals surface area (Å²) in [4.78, 5) is 41.5. The van der Waals surface area contributed by atoms with Crippen molar-refractivity contribution in [1.82, 2.24) is 15.2 Å². The van der Waals surface area contributed by atoms with Gasteiger partial charge in [0.25, 0.3) is 5.91 Å². The second-order valence-electron chi connectivity index (χ2n) is 11.5. The summed E-state index contributed by atoms with van der Waals surface area (Å²) in [5, 5.41) is 45.9. The van der Waals surface area contributed by atoms with Gasteiger partial charge in [-0.05, 0) is 58.2 Å². The van der Waals surface area contributed by atoms with E-state index in [4.69, 9.17) is 0 Å². The summed E-state index contributed by atoms with van der Waals surface area (Å²) >= 11 is 0.